The Hall–Kier alpha value is -1.10. The fraction of sp³-hybridized carbons (Fsp3) is 0.667. The quantitative estimate of drug-likeness (QED) is 0.792. The largest absolute Gasteiger partial charge is 0.469 e. The van der Waals surface area contributed by atoms with Gasteiger partial charge in [0, 0.05) is 17.8 Å². The maximum Gasteiger partial charge on any atom is 0.305 e. The highest BCUT2D eigenvalue weighted by atomic mass is 32.1. The van der Waals surface area contributed by atoms with Gasteiger partial charge in [-0.15, -0.1) is 11.3 Å². The molecule has 0 radical (unpaired) electrons. The van der Waals surface area contributed by atoms with Crippen molar-refractivity contribution in [3.63, 3.8) is 0 Å². The van der Waals surface area contributed by atoms with E-state index in [1.54, 1.807) is 11.3 Å². The average Bonchev–Trinajstić information content (AvgIpc) is 2.94. The van der Waals surface area contributed by atoms with Crippen LogP contribution in [-0.4, -0.2) is 24.1 Å². The van der Waals surface area contributed by atoms with Crippen molar-refractivity contribution in [1.82, 2.24) is 4.98 Å². The summed E-state index contributed by atoms with van der Waals surface area (Å²) >= 11 is 1.62. The Morgan fingerprint density at radius 2 is 2.53 bits per heavy atom. The molecule has 5 heteroatoms. The van der Waals surface area contributed by atoms with Crippen molar-refractivity contribution >= 4 is 22.4 Å². The van der Waals surface area contributed by atoms with E-state index in [0.29, 0.717) is 18.9 Å². The summed E-state index contributed by atoms with van der Waals surface area (Å²) in [5, 5.41) is 6.42. The van der Waals surface area contributed by atoms with Gasteiger partial charge in [-0.1, -0.05) is 13.3 Å². The molecular formula is C12H18N2O2S. The van der Waals surface area contributed by atoms with E-state index in [9.17, 15) is 4.79 Å². The lowest BCUT2D eigenvalue weighted by Gasteiger charge is -1.99. The Kier molecular flexibility index (Phi) is 3.99. The van der Waals surface area contributed by atoms with E-state index in [2.05, 4.69) is 22.0 Å². The fourth-order valence-corrected chi connectivity index (χ4v) is 2.66. The number of anilines is 1. The molecule has 0 amide bonds. The molecule has 0 bridgehead atoms. The highest BCUT2D eigenvalue weighted by molar-refractivity contribution is 7.13. The van der Waals surface area contributed by atoms with Crippen LogP contribution in [0.1, 0.15) is 31.9 Å². The summed E-state index contributed by atoms with van der Waals surface area (Å²) in [6, 6.07) is 0.611. The van der Waals surface area contributed by atoms with Gasteiger partial charge in [-0.3, -0.25) is 4.79 Å². The highest BCUT2D eigenvalue weighted by Gasteiger charge is 2.35. The molecule has 2 atom stereocenters. The minimum Gasteiger partial charge on any atom is -0.469 e. The van der Waals surface area contributed by atoms with Crippen LogP contribution in [0.3, 0.4) is 0 Å². The first-order valence-electron chi connectivity index (χ1n) is 6.00. The third-order valence-corrected chi connectivity index (χ3v) is 3.94. The van der Waals surface area contributed by atoms with Crippen LogP contribution in [0.4, 0.5) is 5.13 Å². The van der Waals surface area contributed by atoms with Crippen molar-refractivity contribution in [2.75, 3.05) is 12.4 Å². The van der Waals surface area contributed by atoms with Crippen LogP contribution in [0, 0.1) is 5.92 Å². The Labute approximate surface area is 105 Å². The van der Waals surface area contributed by atoms with Gasteiger partial charge in [0.2, 0.25) is 0 Å². The van der Waals surface area contributed by atoms with Crippen LogP contribution in [0.2, 0.25) is 0 Å². The van der Waals surface area contributed by atoms with Gasteiger partial charge in [0.25, 0.3) is 0 Å². The molecule has 4 nitrogen and oxygen atoms in total. The lowest BCUT2D eigenvalue weighted by Crippen LogP contribution is -2.04. The number of nitrogens with one attached hydrogen (secondary N) is 1. The van der Waals surface area contributed by atoms with E-state index in [1.807, 2.05) is 5.38 Å². The monoisotopic (exact) mass is 254 g/mol. The van der Waals surface area contributed by atoms with Gasteiger partial charge in [0.05, 0.1) is 19.2 Å². The van der Waals surface area contributed by atoms with Crippen molar-refractivity contribution < 1.29 is 9.53 Å². The molecule has 1 aliphatic rings. The molecule has 1 aromatic heterocycles. The zero-order valence-electron chi connectivity index (χ0n) is 10.2. The molecule has 1 fully saturated rings. The Bertz CT molecular complexity index is 392. The van der Waals surface area contributed by atoms with Gasteiger partial charge in [-0.2, -0.15) is 0 Å². The summed E-state index contributed by atoms with van der Waals surface area (Å²) in [7, 11) is 1.41. The maximum atomic E-state index is 11.0. The van der Waals surface area contributed by atoms with Gasteiger partial charge < -0.3 is 10.1 Å². The molecule has 1 aliphatic carbocycles. The number of aromatic nitrogens is 1. The number of hydrogen-bond donors (Lipinski definition) is 1. The molecule has 17 heavy (non-hydrogen) atoms. The van der Waals surface area contributed by atoms with E-state index in [-0.39, 0.29) is 5.97 Å². The number of carbonyl (C=O) groups is 1. The molecule has 0 aliphatic heterocycles. The Morgan fingerprint density at radius 3 is 3.18 bits per heavy atom. The first kappa shape index (κ1) is 12.4. The summed E-state index contributed by atoms with van der Waals surface area (Å²) in [4.78, 5) is 15.5. The predicted molar refractivity (Wildman–Crippen MR) is 68.3 cm³/mol. The van der Waals surface area contributed by atoms with Crippen molar-refractivity contribution in [3.05, 3.63) is 11.1 Å². The number of methoxy groups -OCH3 is 1. The highest BCUT2D eigenvalue weighted by Crippen LogP contribution is 2.36. The van der Waals surface area contributed by atoms with E-state index >= 15 is 0 Å². The predicted octanol–water partition coefficient (Wildman–Crippen LogP) is 2.46. The molecule has 1 aromatic rings. The number of nitrogens with zero attached hydrogens (tertiary/aromatic N) is 1. The Morgan fingerprint density at radius 1 is 1.71 bits per heavy atom. The fourth-order valence-electron chi connectivity index (χ4n) is 1.85. The number of carbonyl (C=O) groups excluding carboxylic acids is 1. The summed E-state index contributed by atoms with van der Waals surface area (Å²) in [6.07, 6.45) is 3.55. The summed E-state index contributed by atoms with van der Waals surface area (Å²) in [5.41, 5.74) is 0.969. The minimum atomic E-state index is -0.180. The molecule has 1 saturated carbocycles. The van der Waals surface area contributed by atoms with Crippen LogP contribution >= 0.6 is 11.3 Å². The maximum absolute atomic E-state index is 11.0. The molecule has 2 unspecified atom stereocenters. The second-order valence-electron chi connectivity index (χ2n) is 4.37. The second-order valence-corrected chi connectivity index (χ2v) is 5.23. The van der Waals surface area contributed by atoms with Crippen molar-refractivity contribution in [1.29, 1.82) is 0 Å². The van der Waals surface area contributed by atoms with Crippen LogP contribution < -0.4 is 5.32 Å². The summed E-state index contributed by atoms with van der Waals surface area (Å²) in [6.45, 7) is 2.22. The second kappa shape index (κ2) is 5.49. The molecule has 0 saturated heterocycles. The standard InChI is InChI=1S/C12H18N2O2S/c1-3-8-6-10(8)14-12-13-9(7-17-12)4-5-11(15)16-2/h7-8,10H,3-6H2,1-2H3,(H,13,14). The number of rotatable bonds is 6. The van der Waals surface area contributed by atoms with Crippen LogP contribution in [0.5, 0.6) is 0 Å². The lowest BCUT2D eigenvalue weighted by atomic mass is 10.2. The number of ether oxygens (including phenoxy) is 1. The van der Waals surface area contributed by atoms with Crippen molar-refractivity contribution in [2.24, 2.45) is 5.92 Å². The topological polar surface area (TPSA) is 51.2 Å². The number of thiazole rings is 1. The van der Waals surface area contributed by atoms with Gasteiger partial charge in [-0.25, -0.2) is 4.98 Å². The van der Waals surface area contributed by atoms with Crippen LogP contribution in [-0.2, 0) is 16.0 Å². The SMILES string of the molecule is CCC1CC1Nc1nc(CCC(=O)OC)cs1. The first-order chi connectivity index (χ1) is 8.22. The first-order valence-corrected chi connectivity index (χ1v) is 6.88. The molecular weight excluding hydrogens is 236 g/mol. The average molecular weight is 254 g/mol. The van der Waals surface area contributed by atoms with Gasteiger partial charge in [-0.05, 0) is 12.3 Å². The van der Waals surface area contributed by atoms with E-state index < -0.39 is 0 Å². The summed E-state index contributed by atoms with van der Waals surface area (Å²) < 4.78 is 4.60. The number of esters is 1. The smallest absolute Gasteiger partial charge is 0.305 e. The summed E-state index contributed by atoms with van der Waals surface area (Å²) in [5.74, 6) is 0.637. The Balaban J connectivity index is 1.78. The zero-order chi connectivity index (χ0) is 12.3. The third-order valence-electron chi connectivity index (χ3n) is 3.12. The molecule has 0 aromatic carbocycles. The molecule has 94 valence electrons. The van der Waals surface area contributed by atoms with Crippen molar-refractivity contribution in [3.8, 4) is 0 Å². The van der Waals surface area contributed by atoms with Crippen LogP contribution in [0.25, 0.3) is 0 Å². The lowest BCUT2D eigenvalue weighted by molar-refractivity contribution is -0.140. The molecule has 1 N–H and O–H groups in total. The normalized spacial score (nSPS) is 22.2. The third kappa shape index (κ3) is 3.43. The molecule has 2 rings (SSSR count). The van der Waals surface area contributed by atoms with Gasteiger partial charge >= 0.3 is 5.97 Å². The van der Waals surface area contributed by atoms with Crippen molar-refractivity contribution in [2.45, 2.75) is 38.6 Å². The number of hydrogen-bond acceptors (Lipinski definition) is 5. The van der Waals surface area contributed by atoms with E-state index in [4.69, 9.17) is 0 Å². The minimum absolute atomic E-state index is 0.180. The zero-order valence-corrected chi connectivity index (χ0v) is 11.0. The molecule has 1 heterocycles. The van der Waals surface area contributed by atoms with E-state index in [1.165, 1.54) is 20.0 Å². The molecule has 0 spiro atoms. The van der Waals surface area contributed by atoms with Gasteiger partial charge in [0.1, 0.15) is 0 Å². The van der Waals surface area contributed by atoms with Gasteiger partial charge in [0.15, 0.2) is 5.13 Å². The van der Waals surface area contributed by atoms with E-state index in [0.717, 1.165) is 16.7 Å². The van der Waals surface area contributed by atoms with Crippen LogP contribution in [0.15, 0.2) is 5.38 Å². The number of aryl methyl sites for hydroxylation is 1.